The summed E-state index contributed by atoms with van der Waals surface area (Å²) in [6.07, 6.45) is 3.23. The van der Waals surface area contributed by atoms with Crippen LogP contribution in [0.15, 0.2) is 78.2 Å². The number of para-hydroxylation sites is 1. The van der Waals surface area contributed by atoms with E-state index in [2.05, 4.69) is 5.32 Å². The van der Waals surface area contributed by atoms with Gasteiger partial charge in [-0.2, -0.15) is 0 Å². The first kappa shape index (κ1) is 18.6. The predicted molar refractivity (Wildman–Crippen MR) is 111 cm³/mol. The van der Waals surface area contributed by atoms with Gasteiger partial charge in [0, 0.05) is 24.5 Å². The molecule has 3 aromatic rings. The Kier molecular flexibility index (Phi) is 6.18. The Morgan fingerprint density at radius 3 is 2.48 bits per heavy atom. The third-order valence-corrected chi connectivity index (χ3v) is 4.80. The molecular formula is C22H20N2O2S. The summed E-state index contributed by atoms with van der Waals surface area (Å²) in [5.74, 6) is -0.411. The van der Waals surface area contributed by atoms with Crippen LogP contribution in [-0.2, 0) is 11.3 Å². The van der Waals surface area contributed by atoms with E-state index in [1.165, 1.54) is 6.08 Å². The maximum absolute atomic E-state index is 12.9. The molecule has 0 fully saturated rings. The van der Waals surface area contributed by atoms with Crippen LogP contribution in [0.5, 0.6) is 0 Å². The molecule has 0 aliphatic rings. The van der Waals surface area contributed by atoms with Crippen LogP contribution in [0.1, 0.15) is 20.8 Å². The highest BCUT2D eigenvalue weighted by Crippen LogP contribution is 2.18. The van der Waals surface area contributed by atoms with Crippen molar-refractivity contribution < 1.29 is 9.59 Å². The fourth-order valence-electron chi connectivity index (χ4n) is 2.63. The molecule has 0 bridgehead atoms. The van der Waals surface area contributed by atoms with Crippen LogP contribution >= 0.6 is 11.3 Å². The van der Waals surface area contributed by atoms with E-state index in [-0.39, 0.29) is 11.8 Å². The molecule has 0 saturated heterocycles. The summed E-state index contributed by atoms with van der Waals surface area (Å²) in [6.45, 7) is 0.500. The number of nitrogens with one attached hydrogen (secondary N) is 1. The minimum absolute atomic E-state index is 0.142. The van der Waals surface area contributed by atoms with Gasteiger partial charge >= 0.3 is 0 Å². The standard InChI is InChI=1S/C22H20N2O2S/c1-24(16-17-8-3-2-4-9-17)22(26)19-11-5-6-12-20(19)23-21(25)14-13-18-10-7-15-27-18/h2-15H,16H2,1H3,(H,23,25)/b14-13+. The molecule has 2 aromatic carbocycles. The lowest BCUT2D eigenvalue weighted by Crippen LogP contribution is -2.27. The number of thiophene rings is 1. The zero-order valence-corrected chi connectivity index (χ0v) is 15.8. The van der Waals surface area contributed by atoms with Crippen LogP contribution in [0, 0.1) is 0 Å². The number of anilines is 1. The second kappa shape index (κ2) is 8.96. The summed E-state index contributed by atoms with van der Waals surface area (Å²) < 4.78 is 0. The average molecular weight is 376 g/mol. The van der Waals surface area contributed by atoms with Crippen molar-refractivity contribution in [3.05, 3.63) is 94.2 Å². The highest BCUT2D eigenvalue weighted by Gasteiger charge is 2.16. The lowest BCUT2D eigenvalue weighted by molar-refractivity contribution is -0.111. The van der Waals surface area contributed by atoms with Crippen LogP contribution in [0.3, 0.4) is 0 Å². The summed E-state index contributed by atoms with van der Waals surface area (Å²) in [4.78, 5) is 27.7. The zero-order chi connectivity index (χ0) is 19.1. The Labute approximate surface area is 162 Å². The Balaban J connectivity index is 1.71. The van der Waals surface area contributed by atoms with Gasteiger partial charge in [0.1, 0.15) is 0 Å². The van der Waals surface area contributed by atoms with Gasteiger partial charge in [0.15, 0.2) is 0 Å². The topological polar surface area (TPSA) is 49.4 Å². The molecule has 1 N–H and O–H groups in total. The van der Waals surface area contributed by atoms with E-state index in [4.69, 9.17) is 0 Å². The molecule has 0 spiro atoms. The van der Waals surface area contributed by atoms with Crippen LogP contribution in [0.25, 0.3) is 6.08 Å². The van der Waals surface area contributed by atoms with E-state index in [0.29, 0.717) is 17.8 Å². The van der Waals surface area contributed by atoms with E-state index in [1.54, 1.807) is 53.6 Å². The molecule has 136 valence electrons. The third kappa shape index (κ3) is 5.15. The van der Waals surface area contributed by atoms with E-state index >= 15 is 0 Å². The minimum atomic E-state index is -0.269. The average Bonchev–Trinajstić information content (AvgIpc) is 3.21. The fraction of sp³-hybridized carbons (Fsp3) is 0.0909. The first-order chi connectivity index (χ1) is 13.1. The molecule has 0 atom stereocenters. The molecular weight excluding hydrogens is 356 g/mol. The SMILES string of the molecule is CN(Cc1ccccc1)C(=O)c1ccccc1NC(=O)/C=C/c1cccs1. The molecule has 0 unspecified atom stereocenters. The number of benzene rings is 2. The lowest BCUT2D eigenvalue weighted by Gasteiger charge is -2.19. The van der Waals surface area contributed by atoms with Crippen molar-refractivity contribution in [1.29, 1.82) is 0 Å². The predicted octanol–water partition coefficient (Wildman–Crippen LogP) is 4.67. The molecule has 0 saturated carbocycles. The van der Waals surface area contributed by atoms with Gasteiger partial charge in [-0.15, -0.1) is 11.3 Å². The highest BCUT2D eigenvalue weighted by molar-refractivity contribution is 7.10. The monoisotopic (exact) mass is 376 g/mol. The summed E-state index contributed by atoms with van der Waals surface area (Å²) >= 11 is 1.56. The van der Waals surface area contributed by atoms with Gasteiger partial charge in [0.2, 0.25) is 5.91 Å². The summed E-state index contributed by atoms with van der Waals surface area (Å²) in [5.41, 5.74) is 2.02. The molecule has 2 amide bonds. The van der Waals surface area contributed by atoms with Gasteiger partial charge in [-0.3, -0.25) is 9.59 Å². The number of hydrogen-bond acceptors (Lipinski definition) is 3. The van der Waals surface area contributed by atoms with Crippen LogP contribution in [0.2, 0.25) is 0 Å². The largest absolute Gasteiger partial charge is 0.337 e. The molecule has 27 heavy (non-hydrogen) atoms. The van der Waals surface area contributed by atoms with Crippen molar-refractivity contribution in [3.63, 3.8) is 0 Å². The minimum Gasteiger partial charge on any atom is -0.337 e. The summed E-state index contributed by atoms with van der Waals surface area (Å²) in [5, 5.41) is 4.76. The van der Waals surface area contributed by atoms with Gasteiger partial charge < -0.3 is 10.2 Å². The molecule has 1 aromatic heterocycles. The van der Waals surface area contributed by atoms with Crippen molar-refractivity contribution in [2.75, 3.05) is 12.4 Å². The van der Waals surface area contributed by atoms with Crippen molar-refractivity contribution in [2.24, 2.45) is 0 Å². The number of rotatable bonds is 6. The molecule has 5 heteroatoms. The van der Waals surface area contributed by atoms with Gasteiger partial charge in [-0.1, -0.05) is 48.5 Å². The Bertz CT molecular complexity index is 934. The maximum atomic E-state index is 12.9. The number of carbonyl (C=O) groups excluding carboxylic acids is 2. The molecule has 4 nitrogen and oxygen atoms in total. The zero-order valence-electron chi connectivity index (χ0n) is 15.0. The number of carbonyl (C=O) groups is 2. The van der Waals surface area contributed by atoms with E-state index in [0.717, 1.165) is 10.4 Å². The van der Waals surface area contributed by atoms with E-state index < -0.39 is 0 Å². The Hall–Kier alpha value is -3.18. The van der Waals surface area contributed by atoms with Crippen LogP contribution in [-0.4, -0.2) is 23.8 Å². The second-order valence-corrected chi connectivity index (χ2v) is 7.01. The van der Waals surface area contributed by atoms with Gasteiger partial charge in [-0.25, -0.2) is 0 Å². The number of amides is 2. The maximum Gasteiger partial charge on any atom is 0.256 e. The van der Waals surface area contributed by atoms with Crippen molar-refractivity contribution in [1.82, 2.24) is 4.90 Å². The second-order valence-electron chi connectivity index (χ2n) is 6.03. The van der Waals surface area contributed by atoms with Gasteiger partial charge in [0.05, 0.1) is 11.3 Å². The normalized spacial score (nSPS) is 10.7. The lowest BCUT2D eigenvalue weighted by atomic mass is 10.1. The highest BCUT2D eigenvalue weighted by atomic mass is 32.1. The summed E-state index contributed by atoms with van der Waals surface area (Å²) in [6, 6.07) is 20.7. The smallest absolute Gasteiger partial charge is 0.256 e. The quantitative estimate of drug-likeness (QED) is 0.636. The number of hydrogen-bond donors (Lipinski definition) is 1. The van der Waals surface area contributed by atoms with Gasteiger partial charge in [-0.05, 0) is 35.2 Å². The van der Waals surface area contributed by atoms with Crippen LogP contribution in [0.4, 0.5) is 5.69 Å². The third-order valence-electron chi connectivity index (χ3n) is 3.97. The van der Waals surface area contributed by atoms with E-state index in [1.807, 2.05) is 47.8 Å². The fourth-order valence-corrected chi connectivity index (χ4v) is 3.25. The van der Waals surface area contributed by atoms with Crippen molar-refractivity contribution in [3.8, 4) is 0 Å². The van der Waals surface area contributed by atoms with Gasteiger partial charge in [0.25, 0.3) is 5.91 Å². The van der Waals surface area contributed by atoms with Crippen molar-refractivity contribution >= 4 is 34.9 Å². The molecule has 0 radical (unpaired) electrons. The first-order valence-corrected chi connectivity index (χ1v) is 9.42. The molecule has 3 rings (SSSR count). The summed E-state index contributed by atoms with van der Waals surface area (Å²) in [7, 11) is 1.75. The number of nitrogens with zero attached hydrogens (tertiary/aromatic N) is 1. The Morgan fingerprint density at radius 2 is 1.74 bits per heavy atom. The Morgan fingerprint density at radius 1 is 1.00 bits per heavy atom. The molecule has 1 heterocycles. The first-order valence-electron chi connectivity index (χ1n) is 8.54. The van der Waals surface area contributed by atoms with Crippen LogP contribution < -0.4 is 5.32 Å². The molecule has 0 aliphatic carbocycles. The van der Waals surface area contributed by atoms with E-state index in [9.17, 15) is 9.59 Å². The molecule has 0 aliphatic heterocycles. The van der Waals surface area contributed by atoms with Crippen molar-refractivity contribution in [2.45, 2.75) is 6.54 Å².